The van der Waals surface area contributed by atoms with Crippen molar-refractivity contribution in [3.05, 3.63) is 35.6 Å². The largest absolute Gasteiger partial charge is 0.379 e. The Morgan fingerprint density at radius 3 is 2.86 bits per heavy atom. The number of likely N-dealkylation sites (N-methyl/N-ethyl adjacent to an activating group) is 1. The first kappa shape index (κ1) is 15.9. The second kappa shape index (κ2) is 8.07. The molecule has 1 aliphatic rings. The highest BCUT2D eigenvalue weighted by atomic mass is 19.1. The van der Waals surface area contributed by atoms with Gasteiger partial charge in [0.1, 0.15) is 5.82 Å². The molecule has 0 bridgehead atoms. The van der Waals surface area contributed by atoms with Crippen LogP contribution in [0.4, 0.5) is 4.39 Å². The molecule has 1 atom stereocenters. The number of hydrogen-bond acceptors (Lipinski definition) is 4. The molecule has 1 fully saturated rings. The van der Waals surface area contributed by atoms with Crippen LogP contribution in [0.3, 0.4) is 0 Å². The molecule has 1 aromatic rings. The van der Waals surface area contributed by atoms with Crippen LogP contribution in [0.2, 0.25) is 0 Å². The summed E-state index contributed by atoms with van der Waals surface area (Å²) in [4.78, 5) is 13.9. The van der Waals surface area contributed by atoms with Crippen LogP contribution in [0, 0.1) is 5.82 Å². The van der Waals surface area contributed by atoms with E-state index < -0.39 is 0 Å². The Kier molecular flexibility index (Phi) is 6.10. The molecule has 1 aliphatic heterocycles. The maximum Gasteiger partial charge on any atom is 0.234 e. The van der Waals surface area contributed by atoms with E-state index in [4.69, 9.17) is 4.74 Å². The number of nitrogens with one attached hydrogen (secondary N) is 2. The number of nitrogens with zero attached hydrogens (tertiary/aromatic N) is 1. The first-order valence-corrected chi connectivity index (χ1v) is 7.19. The fourth-order valence-corrected chi connectivity index (χ4v) is 2.49. The van der Waals surface area contributed by atoms with Gasteiger partial charge in [-0.05, 0) is 24.7 Å². The lowest BCUT2D eigenvalue weighted by Gasteiger charge is -2.35. The topological polar surface area (TPSA) is 53.6 Å². The molecule has 0 aliphatic carbocycles. The fourth-order valence-electron chi connectivity index (χ4n) is 2.49. The van der Waals surface area contributed by atoms with E-state index in [1.807, 2.05) is 6.07 Å². The van der Waals surface area contributed by atoms with Crippen molar-refractivity contribution in [3.63, 3.8) is 0 Å². The zero-order valence-corrected chi connectivity index (χ0v) is 12.3. The Bertz CT molecular complexity index is 464. The highest BCUT2D eigenvalue weighted by Gasteiger charge is 2.23. The van der Waals surface area contributed by atoms with Crippen LogP contribution in [0.1, 0.15) is 11.6 Å². The number of morpholine rings is 1. The van der Waals surface area contributed by atoms with Gasteiger partial charge in [-0.25, -0.2) is 4.39 Å². The molecular formula is C15H22FN3O2. The van der Waals surface area contributed by atoms with Crippen molar-refractivity contribution in [2.75, 3.05) is 46.4 Å². The number of carbonyl (C=O) groups excluding carboxylic acids is 1. The molecule has 1 saturated heterocycles. The van der Waals surface area contributed by atoms with E-state index in [-0.39, 0.29) is 24.3 Å². The van der Waals surface area contributed by atoms with Crippen LogP contribution in [0.15, 0.2) is 24.3 Å². The number of carbonyl (C=O) groups is 1. The molecule has 0 aromatic heterocycles. The van der Waals surface area contributed by atoms with E-state index in [1.54, 1.807) is 13.1 Å². The summed E-state index contributed by atoms with van der Waals surface area (Å²) in [6.45, 7) is 3.63. The average Bonchev–Trinajstić information content (AvgIpc) is 2.49. The second-order valence-corrected chi connectivity index (χ2v) is 5.05. The molecule has 0 saturated carbocycles. The summed E-state index contributed by atoms with van der Waals surface area (Å²) < 4.78 is 18.8. The van der Waals surface area contributed by atoms with Gasteiger partial charge in [0.2, 0.25) is 5.91 Å². The maximum atomic E-state index is 13.5. The van der Waals surface area contributed by atoms with Crippen molar-refractivity contribution in [3.8, 4) is 0 Å². The molecule has 0 spiro atoms. The summed E-state index contributed by atoms with van der Waals surface area (Å²) in [6.07, 6.45) is 0. The molecular weight excluding hydrogens is 273 g/mol. The van der Waals surface area contributed by atoms with Crippen molar-refractivity contribution in [2.24, 2.45) is 0 Å². The predicted molar refractivity (Wildman–Crippen MR) is 78.5 cm³/mol. The molecule has 0 radical (unpaired) electrons. The zero-order chi connectivity index (χ0) is 15.1. The summed E-state index contributed by atoms with van der Waals surface area (Å²) in [5.74, 6) is -0.320. The van der Waals surface area contributed by atoms with Crippen molar-refractivity contribution in [2.45, 2.75) is 6.04 Å². The van der Waals surface area contributed by atoms with Crippen LogP contribution < -0.4 is 10.6 Å². The second-order valence-electron chi connectivity index (χ2n) is 5.05. The van der Waals surface area contributed by atoms with E-state index in [2.05, 4.69) is 15.5 Å². The van der Waals surface area contributed by atoms with Gasteiger partial charge in [0.05, 0.1) is 25.8 Å². The molecule has 1 unspecified atom stereocenters. The normalized spacial score (nSPS) is 17.4. The van der Waals surface area contributed by atoms with Crippen LogP contribution in [0.25, 0.3) is 0 Å². The average molecular weight is 295 g/mol. The van der Waals surface area contributed by atoms with Gasteiger partial charge >= 0.3 is 0 Å². The summed E-state index contributed by atoms with van der Waals surface area (Å²) in [5.41, 5.74) is 0.877. The Morgan fingerprint density at radius 1 is 1.43 bits per heavy atom. The lowest BCUT2D eigenvalue weighted by atomic mass is 10.0. The van der Waals surface area contributed by atoms with E-state index in [9.17, 15) is 9.18 Å². The maximum absolute atomic E-state index is 13.5. The molecule has 2 rings (SSSR count). The standard InChI is InChI=1S/C15H22FN3O2/c1-17-11-15(20)18-10-14(19-5-7-21-8-6-19)12-3-2-4-13(16)9-12/h2-4,9,14,17H,5-8,10-11H2,1H3,(H,18,20). The molecule has 1 heterocycles. The van der Waals surface area contributed by atoms with Gasteiger partial charge < -0.3 is 15.4 Å². The van der Waals surface area contributed by atoms with Crippen molar-refractivity contribution in [1.29, 1.82) is 0 Å². The third kappa shape index (κ3) is 4.77. The number of rotatable bonds is 6. The number of ether oxygens (including phenoxy) is 1. The van der Waals surface area contributed by atoms with Crippen molar-refractivity contribution in [1.82, 2.24) is 15.5 Å². The quantitative estimate of drug-likeness (QED) is 0.804. The molecule has 1 amide bonds. The van der Waals surface area contributed by atoms with Gasteiger partial charge in [-0.1, -0.05) is 12.1 Å². The fraction of sp³-hybridized carbons (Fsp3) is 0.533. The first-order chi connectivity index (χ1) is 10.2. The van der Waals surface area contributed by atoms with Gasteiger partial charge in [-0.3, -0.25) is 9.69 Å². The van der Waals surface area contributed by atoms with Crippen LogP contribution in [-0.2, 0) is 9.53 Å². The first-order valence-electron chi connectivity index (χ1n) is 7.19. The minimum Gasteiger partial charge on any atom is -0.379 e. The molecule has 21 heavy (non-hydrogen) atoms. The molecule has 1 aromatic carbocycles. The minimum absolute atomic E-state index is 0.0367. The number of halogens is 1. The van der Waals surface area contributed by atoms with Crippen molar-refractivity contribution < 1.29 is 13.9 Å². The van der Waals surface area contributed by atoms with Gasteiger partial charge in [-0.2, -0.15) is 0 Å². The molecule has 6 heteroatoms. The molecule has 2 N–H and O–H groups in total. The predicted octanol–water partition coefficient (Wildman–Crippen LogP) is 0.535. The smallest absolute Gasteiger partial charge is 0.234 e. The number of benzene rings is 1. The highest BCUT2D eigenvalue weighted by molar-refractivity contribution is 5.77. The SMILES string of the molecule is CNCC(=O)NCC(c1cccc(F)c1)N1CCOCC1. The molecule has 5 nitrogen and oxygen atoms in total. The zero-order valence-electron chi connectivity index (χ0n) is 12.3. The van der Waals surface area contributed by atoms with Gasteiger partial charge in [-0.15, -0.1) is 0 Å². The summed E-state index contributed by atoms with van der Waals surface area (Å²) in [6, 6.07) is 6.52. The van der Waals surface area contributed by atoms with Crippen LogP contribution in [0.5, 0.6) is 0 Å². The Labute approximate surface area is 124 Å². The van der Waals surface area contributed by atoms with Crippen LogP contribution in [-0.4, -0.2) is 57.2 Å². The third-order valence-corrected chi connectivity index (χ3v) is 3.55. The van der Waals surface area contributed by atoms with E-state index in [0.29, 0.717) is 19.8 Å². The summed E-state index contributed by atoms with van der Waals surface area (Å²) in [5, 5.41) is 5.71. The lowest BCUT2D eigenvalue weighted by Crippen LogP contribution is -2.44. The van der Waals surface area contributed by atoms with E-state index in [0.717, 1.165) is 18.7 Å². The minimum atomic E-state index is -0.257. The monoisotopic (exact) mass is 295 g/mol. The summed E-state index contributed by atoms with van der Waals surface area (Å²) in [7, 11) is 1.73. The Hall–Kier alpha value is -1.50. The lowest BCUT2D eigenvalue weighted by molar-refractivity contribution is -0.120. The Morgan fingerprint density at radius 2 is 2.19 bits per heavy atom. The van der Waals surface area contributed by atoms with Gasteiger partial charge in [0, 0.05) is 19.6 Å². The summed E-state index contributed by atoms with van der Waals surface area (Å²) >= 11 is 0. The van der Waals surface area contributed by atoms with E-state index in [1.165, 1.54) is 12.1 Å². The van der Waals surface area contributed by atoms with E-state index >= 15 is 0 Å². The van der Waals surface area contributed by atoms with Crippen LogP contribution >= 0.6 is 0 Å². The third-order valence-electron chi connectivity index (χ3n) is 3.55. The molecule has 116 valence electrons. The number of amides is 1. The van der Waals surface area contributed by atoms with Gasteiger partial charge in [0.25, 0.3) is 0 Å². The highest BCUT2D eigenvalue weighted by Crippen LogP contribution is 2.21. The van der Waals surface area contributed by atoms with Gasteiger partial charge in [0.15, 0.2) is 0 Å². The Balaban J connectivity index is 2.07. The number of hydrogen-bond donors (Lipinski definition) is 2. The van der Waals surface area contributed by atoms with Crippen molar-refractivity contribution >= 4 is 5.91 Å².